The van der Waals surface area contributed by atoms with Crippen LogP contribution in [0, 0.1) is 0 Å². The zero-order valence-electron chi connectivity index (χ0n) is 39.5. The van der Waals surface area contributed by atoms with Crippen LogP contribution in [0.3, 0.4) is 0 Å². The first-order chi connectivity index (χ1) is 28.5. The van der Waals surface area contributed by atoms with Crippen molar-refractivity contribution in [3.63, 3.8) is 0 Å². The highest BCUT2D eigenvalue weighted by atomic mass is 31.2. The van der Waals surface area contributed by atoms with Gasteiger partial charge in [0.15, 0.2) is 0 Å². The summed E-state index contributed by atoms with van der Waals surface area (Å²) < 4.78 is 23.2. The highest BCUT2D eigenvalue weighted by Crippen LogP contribution is 2.38. The molecule has 0 fully saturated rings. The Labute approximate surface area is 366 Å². The molecule has 3 atom stereocenters. The van der Waals surface area contributed by atoms with Crippen LogP contribution < -0.4 is 10.2 Å². The Hall–Kier alpha value is -1.28. The van der Waals surface area contributed by atoms with E-state index in [9.17, 15) is 19.4 Å². The number of carbonyl (C=O) groups is 1. The molecule has 0 aromatic carbocycles. The summed E-state index contributed by atoms with van der Waals surface area (Å²) in [4.78, 5) is 25.3. The maximum absolute atomic E-state index is 12.9. The third kappa shape index (κ3) is 44.6. The minimum atomic E-state index is -4.58. The maximum atomic E-state index is 12.9. The van der Waals surface area contributed by atoms with E-state index in [2.05, 4.69) is 43.5 Å². The van der Waals surface area contributed by atoms with Crippen molar-refractivity contribution in [1.82, 2.24) is 5.32 Å². The van der Waals surface area contributed by atoms with Gasteiger partial charge in [0, 0.05) is 6.42 Å². The van der Waals surface area contributed by atoms with E-state index < -0.39 is 20.0 Å². The lowest BCUT2D eigenvalue weighted by atomic mass is 10.0. The number of allylic oxidation sites excluding steroid dienone is 5. The Bertz CT molecular complexity index is 1060. The zero-order valence-corrected chi connectivity index (χ0v) is 40.4. The normalized spacial score (nSPS) is 14.5. The summed E-state index contributed by atoms with van der Waals surface area (Å²) in [6.07, 6.45) is 52.1. The summed E-state index contributed by atoms with van der Waals surface area (Å²) in [6.45, 7) is 4.62. The van der Waals surface area contributed by atoms with Gasteiger partial charge in [0.2, 0.25) is 5.91 Å². The van der Waals surface area contributed by atoms with Gasteiger partial charge in [-0.3, -0.25) is 9.36 Å². The Morgan fingerprint density at radius 2 is 0.983 bits per heavy atom. The molecule has 0 spiro atoms. The molecule has 0 saturated heterocycles. The second-order valence-corrected chi connectivity index (χ2v) is 19.6. The smallest absolute Gasteiger partial charge is 0.268 e. The molecule has 348 valence electrons. The predicted octanol–water partition coefficient (Wildman–Crippen LogP) is 13.6. The van der Waals surface area contributed by atoms with Gasteiger partial charge in [0.25, 0.3) is 7.82 Å². The van der Waals surface area contributed by atoms with E-state index in [1.165, 1.54) is 161 Å². The molecule has 0 aliphatic rings. The number of phosphoric ester groups is 1. The van der Waals surface area contributed by atoms with Crippen LogP contribution in [-0.2, 0) is 18.4 Å². The third-order valence-electron chi connectivity index (χ3n) is 11.1. The van der Waals surface area contributed by atoms with Gasteiger partial charge < -0.3 is 28.8 Å². The van der Waals surface area contributed by atoms with Gasteiger partial charge in [-0.15, -0.1) is 0 Å². The molecule has 3 unspecified atom stereocenters. The molecule has 0 aromatic heterocycles. The van der Waals surface area contributed by atoms with E-state index in [1.54, 1.807) is 6.08 Å². The van der Waals surface area contributed by atoms with Gasteiger partial charge >= 0.3 is 0 Å². The number of quaternary nitrogens is 1. The average molecular weight is 853 g/mol. The average Bonchev–Trinajstić information content (AvgIpc) is 3.19. The molecule has 0 aliphatic heterocycles. The molecule has 0 heterocycles. The summed E-state index contributed by atoms with van der Waals surface area (Å²) in [7, 11) is 1.26. The number of likely N-dealkylation sites (N-methyl/N-ethyl adjacent to an activating group) is 1. The van der Waals surface area contributed by atoms with Crippen LogP contribution in [0.5, 0.6) is 0 Å². The van der Waals surface area contributed by atoms with E-state index >= 15 is 0 Å². The molecule has 8 nitrogen and oxygen atoms in total. The Balaban J connectivity index is 4.10. The van der Waals surface area contributed by atoms with E-state index in [0.29, 0.717) is 17.4 Å². The maximum Gasteiger partial charge on any atom is 0.268 e. The molecule has 0 radical (unpaired) electrons. The van der Waals surface area contributed by atoms with Crippen molar-refractivity contribution in [2.45, 2.75) is 238 Å². The Kier molecular flexibility index (Phi) is 41.1. The van der Waals surface area contributed by atoms with Gasteiger partial charge in [0.05, 0.1) is 39.9 Å². The molecule has 0 saturated carbocycles. The zero-order chi connectivity index (χ0) is 43.6. The standard InChI is InChI=1S/C50H97N2O6P/c1-6-8-10-12-14-16-18-19-20-21-22-23-24-25-26-27-28-29-30-31-32-33-34-36-38-40-42-44-50(54)51-48(47-58-59(55,56)57-46-45-52(3,4)5)49(53)43-41-39-37-35-17-15-13-11-9-7-2/h18-19,21-22,41,43,48-49,53H,6-17,20,23-40,42,44-47H2,1-5H3,(H-,51,54,55,56)/b19-18-,22-21-,43-41+. The highest BCUT2D eigenvalue weighted by Gasteiger charge is 2.23. The number of phosphoric acid groups is 1. The number of hydrogen-bond donors (Lipinski definition) is 2. The highest BCUT2D eigenvalue weighted by molar-refractivity contribution is 7.45. The summed E-state index contributed by atoms with van der Waals surface area (Å²) in [5.74, 6) is -0.199. The second kappa shape index (κ2) is 42.0. The fourth-order valence-corrected chi connectivity index (χ4v) is 7.85. The van der Waals surface area contributed by atoms with Gasteiger partial charge in [-0.25, -0.2) is 0 Å². The predicted molar refractivity (Wildman–Crippen MR) is 251 cm³/mol. The fraction of sp³-hybridized carbons (Fsp3) is 0.860. The van der Waals surface area contributed by atoms with Crippen LogP contribution in [0.15, 0.2) is 36.5 Å². The lowest BCUT2D eigenvalue weighted by Gasteiger charge is -2.29. The quantitative estimate of drug-likeness (QED) is 0.0273. The first-order valence-corrected chi connectivity index (χ1v) is 26.3. The number of aliphatic hydroxyl groups is 1. The van der Waals surface area contributed by atoms with Gasteiger partial charge in [0.1, 0.15) is 13.2 Å². The van der Waals surface area contributed by atoms with Crippen LogP contribution in [0.25, 0.3) is 0 Å². The van der Waals surface area contributed by atoms with Crippen LogP contribution in [0.2, 0.25) is 0 Å². The van der Waals surface area contributed by atoms with Crippen molar-refractivity contribution in [1.29, 1.82) is 0 Å². The molecular formula is C50H97N2O6P. The van der Waals surface area contributed by atoms with Crippen molar-refractivity contribution >= 4 is 13.7 Å². The molecule has 59 heavy (non-hydrogen) atoms. The summed E-state index contributed by atoms with van der Waals surface area (Å²) in [6, 6.07) is -0.883. The SMILES string of the molecule is CCCCCCC/C=C\C/C=C\CCCCCCCCCCCCCCCCCC(=O)NC(COP(=O)([O-])OCC[N+](C)(C)C)C(O)/C=C/CCCCCCCCCC. The Morgan fingerprint density at radius 3 is 1.41 bits per heavy atom. The van der Waals surface area contributed by atoms with Crippen molar-refractivity contribution in [3.05, 3.63) is 36.5 Å². The summed E-state index contributed by atoms with van der Waals surface area (Å²) in [5, 5.41) is 13.8. The van der Waals surface area contributed by atoms with Crippen LogP contribution in [0.4, 0.5) is 0 Å². The number of nitrogens with zero attached hydrogens (tertiary/aromatic N) is 1. The van der Waals surface area contributed by atoms with Gasteiger partial charge in [-0.2, -0.15) is 0 Å². The molecule has 0 rings (SSSR count). The lowest BCUT2D eigenvalue weighted by molar-refractivity contribution is -0.870. The molecular weight excluding hydrogens is 756 g/mol. The van der Waals surface area contributed by atoms with E-state index in [0.717, 1.165) is 44.9 Å². The van der Waals surface area contributed by atoms with Crippen LogP contribution >= 0.6 is 7.82 Å². The van der Waals surface area contributed by atoms with E-state index in [-0.39, 0.29) is 19.1 Å². The van der Waals surface area contributed by atoms with Gasteiger partial charge in [-0.05, 0) is 51.4 Å². The number of rotatable bonds is 45. The topological polar surface area (TPSA) is 108 Å². The monoisotopic (exact) mass is 853 g/mol. The summed E-state index contributed by atoms with van der Waals surface area (Å²) in [5.41, 5.74) is 0. The number of carbonyl (C=O) groups excluding carboxylic acids is 1. The molecule has 0 aliphatic carbocycles. The largest absolute Gasteiger partial charge is 0.756 e. The second-order valence-electron chi connectivity index (χ2n) is 18.2. The van der Waals surface area contributed by atoms with Crippen molar-refractivity contribution in [2.75, 3.05) is 40.9 Å². The fourth-order valence-electron chi connectivity index (χ4n) is 7.12. The molecule has 0 bridgehead atoms. The molecule has 0 aromatic rings. The molecule has 2 N–H and O–H groups in total. The first-order valence-electron chi connectivity index (χ1n) is 24.9. The van der Waals surface area contributed by atoms with Crippen LogP contribution in [-0.4, -0.2) is 68.5 Å². The first kappa shape index (κ1) is 57.7. The number of amides is 1. The molecule has 9 heteroatoms. The van der Waals surface area contributed by atoms with Crippen molar-refractivity contribution in [2.24, 2.45) is 0 Å². The van der Waals surface area contributed by atoms with Gasteiger partial charge in [-0.1, -0.05) is 204 Å². The molecule has 1 amide bonds. The minimum Gasteiger partial charge on any atom is -0.756 e. The van der Waals surface area contributed by atoms with Crippen molar-refractivity contribution < 1.29 is 32.9 Å². The lowest BCUT2D eigenvalue weighted by Crippen LogP contribution is -2.45. The number of unbranched alkanes of at least 4 members (excludes halogenated alkanes) is 28. The number of nitrogens with one attached hydrogen (secondary N) is 1. The van der Waals surface area contributed by atoms with Crippen molar-refractivity contribution in [3.8, 4) is 0 Å². The summed E-state index contributed by atoms with van der Waals surface area (Å²) >= 11 is 0. The number of hydrogen-bond acceptors (Lipinski definition) is 6. The van der Waals surface area contributed by atoms with E-state index in [4.69, 9.17) is 9.05 Å². The minimum absolute atomic E-state index is 0.000596. The van der Waals surface area contributed by atoms with E-state index in [1.807, 2.05) is 27.2 Å². The van der Waals surface area contributed by atoms with Crippen LogP contribution in [0.1, 0.15) is 226 Å². The Morgan fingerprint density at radius 1 is 0.593 bits per heavy atom. The number of aliphatic hydroxyl groups excluding tert-OH is 1. The third-order valence-corrected chi connectivity index (χ3v) is 12.1.